The van der Waals surface area contributed by atoms with Crippen molar-refractivity contribution in [2.24, 2.45) is 0 Å². The molecule has 146 valence electrons. The van der Waals surface area contributed by atoms with E-state index in [1.807, 2.05) is 36.6 Å². The van der Waals surface area contributed by atoms with Crippen LogP contribution in [0.15, 0.2) is 59.8 Å². The van der Waals surface area contributed by atoms with Crippen molar-refractivity contribution in [2.75, 3.05) is 0 Å². The number of amides is 2. The fourth-order valence-corrected chi connectivity index (χ4v) is 4.22. The molecule has 29 heavy (non-hydrogen) atoms. The van der Waals surface area contributed by atoms with Gasteiger partial charge in [0.05, 0.1) is 23.3 Å². The molecule has 0 N–H and O–H groups in total. The molecule has 1 fully saturated rings. The van der Waals surface area contributed by atoms with E-state index in [9.17, 15) is 14.0 Å². The minimum absolute atomic E-state index is 0.0800. The number of aromatic nitrogens is 2. The summed E-state index contributed by atoms with van der Waals surface area (Å²) >= 11 is 0.876. The van der Waals surface area contributed by atoms with Crippen molar-refractivity contribution in [2.45, 2.75) is 20.4 Å². The van der Waals surface area contributed by atoms with Crippen LogP contribution in [0.1, 0.15) is 22.5 Å². The summed E-state index contributed by atoms with van der Waals surface area (Å²) in [5.74, 6) is -0.843. The number of hydrogen-bond donors (Lipinski definition) is 0. The molecule has 0 radical (unpaired) electrons. The van der Waals surface area contributed by atoms with Crippen LogP contribution >= 0.6 is 11.8 Å². The summed E-state index contributed by atoms with van der Waals surface area (Å²) in [6, 6.07) is 11.9. The van der Waals surface area contributed by atoms with Gasteiger partial charge in [-0.1, -0.05) is 18.2 Å². The Morgan fingerprint density at radius 3 is 2.66 bits per heavy atom. The number of carbonyl (C=O) groups excluding carboxylic acids is 2. The van der Waals surface area contributed by atoms with Gasteiger partial charge in [-0.2, -0.15) is 0 Å². The van der Waals surface area contributed by atoms with Crippen LogP contribution in [0.3, 0.4) is 0 Å². The molecule has 0 aliphatic carbocycles. The molecular formula is C22H18FN3O2S. The Labute approximate surface area is 171 Å². The lowest BCUT2D eigenvalue weighted by atomic mass is 10.2. The fraction of sp³-hybridized carbons (Fsp3) is 0.136. The smallest absolute Gasteiger partial charge is 0.293 e. The highest BCUT2D eigenvalue weighted by atomic mass is 32.2. The second-order valence-corrected chi connectivity index (χ2v) is 7.73. The number of aryl methyl sites for hydroxylation is 1. The van der Waals surface area contributed by atoms with E-state index in [-0.39, 0.29) is 6.54 Å². The van der Waals surface area contributed by atoms with E-state index < -0.39 is 17.0 Å². The molecule has 2 aromatic heterocycles. The van der Waals surface area contributed by atoms with Gasteiger partial charge in [-0.15, -0.1) is 0 Å². The molecule has 3 heterocycles. The molecule has 1 aliphatic heterocycles. The van der Waals surface area contributed by atoms with E-state index in [0.29, 0.717) is 10.5 Å². The van der Waals surface area contributed by atoms with Crippen molar-refractivity contribution in [3.63, 3.8) is 0 Å². The summed E-state index contributed by atoms with van der Waals surface area (Å²) in [7, 11) is 0. The predicted molar refractivity (Wildman–Crippen MR) is 111 cm³/mol. The number of nitrogens with zero attached hydrogens (tertiary/aromatic N) is 3. The summed E-state index contributed by atoms with van der Waals surface area (Å²) < 4.78 is 16.0. The van der Waals surface area contributed by atoms with Gasteiger partial charge in [-0.3, -0.25) is 19.5 Å². The van der Waals surface area contributed by atoms with Crippen LogP contribution in [0, 0.1) is 19.7 Å². The van der Waals surface area contributed by atoms with Gasteiger partial charge in [0, 0.05) is 23.1 Å². The number of halogens is 1. The number of hydrogen-bond acceptors (Lipinski definition) is 4. The van der Waals surface area contributed by atoms with Crippen LogP contribution in [0.4, 0.5) is 9.18 Å². The maximum absolute atomic E-state index is 13.9. The van der Waals surface area contributed by atoms with Crippen LogP contribution in [0.25, 0.3) is 11.8 Å². The van der Waals surface area contributed by atoms with Crippen molar-refractivity contribution < 1.29 is 14.0 Å². The average molecular weight is 407 g/mol. The SMILES string of the molecule is Cc1cc(/C=C2\SC(=O)N(Cc3ccccc3F)C2=O)c(C)n1-c1cccnc1. The lowest BCUT2D eigenvalue weighted by Crippen LogP contribution is -2.27. The zero-order valence-corrected chi connectivity index (χ0v) is 16.7. The van der Waals surface area contributed by atoms with Gasteiger partial charge in [0.1, 0.15) is 5.82 Å². The maximum atomic E-state index is 13.9. The normalized spacial score (nSPS) is 15.6. The maximum Gasteiger partial charge on any atom is 0.293 e. The fourth-order valence-electron chi connectivity index (χ4n) is 3.39. The third-order valence-electron chi connectivity index (χ3n) is 4.82. The summed E-state index contributed by atoms with van der Waals surface area (Å²) in [5.41, 5.74) is 4.02. The molecular weight excluding hydrogens is 389 g/mol. The Hall–Kier alpha value is -3.19. The number of thioether (sulfide) groups is 1. The van der Waals surface area contributed by atoms with Crippen LogP contribution in [0.5, 0.6) is 0 Å². The zero-order valence-electron chi connectivity index (χ0n) is 15.9. The molecule has 7 heteroatoms. The standard InChI is InChI=1S/C22H18FN3O2S/c1-14-10-17(15(2)26(14)18-7-5-9-24-12-18)11-20-21(27)25(22(28)29-20)13-16-6-3-4-8-19(16)23/h3-12H,13H2,1-2H3/b20-11-. The van der Waals surface area contributed by atoms with E-state index in [2.05, 4.69) is 4.98 Å². The van der Waals surface area contributed by atoms with E-state index in [1.54, 1.807) is 36.7 Å². The number of imide groups is 1. The molecule has 0 spiro atoms. The van der Waals surface area contributed by atoms with Gasteiger partial charge in [-0.05, 0) is 61.5 Å². The van der Waals surface area contributed by atoms with Crippen molar-refractivity contribution >= 4 is 29.0 Å². The van der Waals surface area contributed by atoms with Gasteiger partial charge in [0.25, 0.3) is 11.1 Å². The predicted octanol–water partition coefficient (Wildman–Crippen LogP) is 4.86. The number of benzene rings is 1. The molecule has 1 aromatic carbocycles. The third-order valence-corrected chi connectivity index (χ3v) is 5.73. The van der Waals surface area contributed by atoms with E-state index in [1.165, 1.54) is 6.07 Å². The molecule has 3 aromatic rings. The Kier molecular flexibility index (Phi) is 5.07. The molecule has 1 saturated heterocycles. The molecule has 0 saturated carbocycles. The second-order valence-electron chi connectivity index (χ2n) is 6.73. The highest BCUT2D eigenvalue weighted by Gasteiger charge is 2.35. The number of pyridine rings is 1. The summed E-state index contributed by atoms with van der Waals surface area (Å²) in [5, 5.41) is -0.398. The van der Waals surface area contributed by atoms with Crippen LogP contribution in [-0.2, 0) is 11.3 Å². The van der Waals surface area contributed by atoms with Gasteiger partial charge >= 0.3 is 0 Å². The molecule has 5 nitrogen and oxygen atoms in total. The Bertz CT molecular complexity index is 1140. The number of carbonyl (C=O) groups is 2. The number of rotatable bonds is 4. The third kappa shape index (κ3) is 3.61. The minimum Gasteiger partial charge on any atom is -0.316 e. The van der Waals surface area contributed by atoms with Crippen molar-refractivity contribution in [1.82, 2.24) is 14.5 Å². The topological polar surface area (TPSA) is 55.2 Å². The lowest BCUT2D eigenvalue weighted by molar-refractivity contribution is -0.123. The summed E-state index contributed by atoms with van der Waals surface area (Å²) in [4.78, 5) is 30.7. The first kappa shape index (κ1) is 19.1. The first-order valence-electron chi connectivity index (χ1n) is 9.04. The first-order valence-corrected chi connectivity index (χ1v) is 9.85. The summed E-state index contributed by atoms with van der Waals surface area (Å²) in [6.07, 6.45) is 5.21. The molecule has 0 atom stereocenters. The largest absolute Gasteiger partial charge is 0.316 e. The Morgan fingerprint density at radius 2 is 1.93 bits per heavy atom. The molecule has 4 rings (SSSR count). The Morgan fingerprint density at radius 1 is 1.14 bits per heavy atom. The van der Waals surface area contributed by atoms with Crippen LogP contribution in [0.2, 0.25) is 0 Å². The quantitative estimate of drug-likeness (QED) is 0.580. The first-order chi connectivity index (χ1) is 14.0. The van der Waals surface area contributed by atoms with E-state index in [4.69, 9.17) is 0 Å². The van der Waals surface area contributed by atoms with E-state index >= 15 is 0 Å². The monoisotopic (exact) mass is 407 g/mol. The van der Waals surface area contributed by atoms with Gasteiger partial charge < -0.3 is 4.57 Å². The van der Waals surface area contributed by atoms with Crippen molar-refractivity contribution in [1.29, 1.82) is 0 Å². The van der Waals surface area contributed by atoms with Gasteiger partial charge in [0.2, 0.25) is 0 Å². The van der Waals surface area contributed by atoms with Gasteiger partial charge in [0.15, 0.2) is 0 Å². The summed E-state index contributed by atoms with van der Waals surface area (Å²) in [6.45, 7) is 3.85. The second kappa shape index (κ2) is 7.67. The van der Waals surface area contributed by atoms with Crippen molar-refractivity contribution in [3.05, 3.63) is 88.1 Å². The minimum atomic E-state index is -0.435. The van der Waals surface area contributed by atoms with Crippen LogP contribution < -0.4 is 0 Å². The molecule has 0 unspecified atom stereocenters. The molecule has 1 aliphatic rings. The zero-order chi connectivity index (χ0) is 20.5. The van der Waals surface area contributed by atoms with Gasteiger partial charge in [-0.25, -0.2) is 4.39 Å². The average Bonchev–Trinajstić information content (AvgIpc) is 3.13. The lowest BCUT2D eigenvalue weighted by Gasteiger charge is -2.12. The van der Waals surface area contributed by atoms with Crippen molar-refractivity contribution in [3.8, 4) is 5.69 Å². The molecule has 2 amide bonds. The Balaban J connectivity index is 1.64. The molecule has 0 bridgehead atoms. The highest BCUT2D eigenvalue weighted by Crippen LogP contribution is 2.34. The van der Waals surface area contributed by atoms with Crippen LogP contribution in [-0.4, -0.2) is 25.6 Å². The van der Waals surface area contributed by atoms with E-state index in [0.717, 1.165) is 39.3 Å². The highest BCUT2D eigenvalue weighted by molar-refractivity contribution is 8.18.